The lowest BCUT2D eigenvalue weighted by molar-refractivity contribution is 0.0903. The van der Waals surface area contributed by atoms with Crippen molar-refractivity contribution in [2.45, 2.75) is 24.8 Å². The molecule has 108 valence electrons. The van der Waals surface area contributed by atoms with Crippen molar-refractivity contribution in [2.24, 2.45) is 0 Å². The lowest BCUT2D eigenvalue weighted by atomic mass is 9.74. The minimum atomic E-state index is -0.305. The maximum Gasteiger partial charge on any atom is 0.254 e. The number of halogens is 2. The Morgan fingerprint density at radius 2 is 2.10 bits per heavy atom. The molecule has 0 aliphatic heterocycles. The number of rotatable bonds is 3. The third kappa shape index (κ3) is 2.74. The van der Waals surface area contributed by atoms with Gasteiger partial charge < -0.3 is 5.32 Å². The van der Waals surface area contributed by atoms with E-state index in [-0.39, 0.29) is 34.4 Å². The van der Waals surface area contributed by atoms with E-state index >= 15 is 0 Å². The molecule has 3 rings (SSSR count). The minimum absolute atomic E-state index is 0.00345. The van der Waals surface area contributed by atoms with Crippen molar-refractivity contribution in [3.8, 4) is 0 Å². The van der Waals surface area contributed by atoms with Gasteiger partial charge in [0.1, 0.15) is 5.82 Å². The summed E-state index contributed by atoms with van der Waals surface area (Å²) in [6, 6.07) is 8.10. The Hall–Kier alpha value is -2.01. The highest BCUT2D eigenvalue weighted by Gasteiger charge is 2.35. The van der Waals surface area contributed by atoms with Crippen molar-refractivity contribution in [3.05, 3.63) is 58.6 Å². The van der Waals surface area contributed by atoms with Gasteiger partial charge in [-0.2, -0.15) is 5.10 Å². The second-order valence-electron chi connectivity index (χ2n) is 5.02. The first kappa shape index (κ1) is 13.9. The van der Waals surface area contributed by atoms with Gasteiger partial charge in [-0.3, -0.25) is 4.79 Å². The average Bonchev–Trinajstić information content (AvgIpc) is 2.46. The molecule has 1 saturated carbocycles. The number of nitrogens with zero attached hydrogens (tertiary/aromatic N) is 2. The molecule has 1 N–H and O–H groups in total. The van der Waals surface area contributed by atoms with E-state index < -0.39 is 0 Å². The standard InChI is InChI=1S/C15H13ClFN3O/c16-14-11(7-8-18-20-14)15(21)19-13-6-5-10(13)9-3-1-2-4-12(9)17/h1-4,7-8,10,13H,5-6H2,(H,19,21). The van der Waals surface area contributed by atoms with E-state index in [1.165, 1.54) is 18.3 Å². The van der Waals surface area contributed by atoms with Crippen LogP contribution >= 0.6 is 11.6 Å². The van der Waals surface area contributed by atoms with E-state index in [9.17, 15) is 9.18 Å². The Bertz CT molecular complexity index is 679. The van der Waals surface area contributed by atoms with Crippen molar-refractivity contribution < 1.29 is 9.18 Å². The molecule has 1 amide bonds. The molecule has 0 saturated heterocycles. The molecule has 21 heavy (non-hydrogen) atoms. The van der Waals surface area contributed by atoms with Crippen molar-refractivity contribution in [2.75, 3.05) is 0 Å². The van der Waals surface area contributed by atoms with Crippen LogP contribution in [0.4, 0.5) is 4.39 Å². The zero-order valence-corrected chi connectivity index (χ0v) is 11.8. The molecule has 1 aliphatic carbocycles. The Kier molecular flexibility index (Phi) is 3.84. The number of benzene rings is 1. The van der Waals surface area contributed by atoms with Crippen molar-refractivity contribution in [1.82, 2.24) is 15.5 Å². The molecule has 1 aromatic heterocycles. The van der Waals surface area contributed by atoms with Crippen LogP contribution in [-0.4, -0.2) is 22.1 Å². The first-order valence-electron chi connectivity index (χ1n) is 6.69. The molecule has 2 aromatic rings. The molecular formula is C15H13ClFN3O. The van der Waals surface area contributed by atoms with Crippen LogP contribution in [0.1, 0.15) is 34.7 Å². The SMILES string of the molecule is O=C(NC1CCC1c1ccccc1F)c1ccnnc1Cl. The Balaban J connectivity index is 1.73. The number of carbonyl (C=O) groups is 1. The zero-order valence-electron chi connectivity index (χ0n) is 11.1. The molecule has 6 heteroatoms. The Morgan fingerprint density at radius 1 is 1.29 bits per heavy atom. The first-order valence-corrected chi connectivity index (χ1v) is 7.07. The summed E-state index contributed by atoms with van der Waals surface area (Å²) in [5, 5.41) is 10.2. The molecule has 1 heterocycles. The highest BCUT2D eigenvalue weighted by Crippen LogP contribution is 2.38. The summed E-state index contributed by atoms with van der Waals surface area (Å²) in [7, 11) is 0. The van der Waals surface area contributed by atoms with Crippen LogP contribution in [0.3, 0.4) is 0 Å². The van der Waals surface area contributed by atoms with Gasteiger partial charge in [-0.25, -0.2) is 4.39 Å². The maximum absolute atomic E-state index is 13.8. The van der Waals surface area contributed by atoms with E-state index in [0.29, 0.717) is 5.56 Å². The molecular weight excluding hydrogens is 293 g/mol. The molecule has 1 fully saturated rings. The summed E-state index contributed by atoms with van der Waals surface area (Å²) in [6.45, 7) is 0. The maximum atomic E-state index is 13.8. The van der Waals surface area contributed by atoms with Gasteiger partial charge in [0.05, 0.1) is 11.8 Å². The van der Waals surface area contributed by atoms with Crippen LogP contribution in [0.15, 0.2) is 36.5 Å². The van der Waals surface area contributed by atoms with Gasteiger partial charge in [0, 0.05) is 12.0 Å². The molecule has 1 aromatic carbocycles. The van der Waals surface area contributed by atoms with E-state index in [4.69, 9.17) is 11.6 Å². The van der Waals surface area contributed by atoms with Crippen LogP contribution < -0.4 is 5.32 Å². The summed E-state index contributed by atoms with van der Waals surface area (Å²) in [4.78, 5) is 12.2. The van der Waals surface area contributed by atoms with E-state index in [1.807, 2.05) is 0 Å². The fourth-order valence-electron chi connectivity index (χ4n) is 2.55. The monoisotopic (exact) mass is 305 g/mol. The first-order chi connectivity index (χ1) is 10.2. The summed E-state index contributed by atoms with van der Waals surface area (Å²) < 4.78 is 13.8. The second kappa shape index (κ2) is 5.77. The largest absolute Gasteiger partial charge is 0.349 e. The number of hydrogen-bond acceptors (Lipinski definition) is 3. The third-order valence-corrected chi connectivity index (χ3v) is 4.10. The molecule has 2 unspecified atom stereocenters. The molecule has 0 radical (unpaired) electrons. The number of amides is 1. The summed E-state index contributed by atoms with van der Waals surface area (Å²) in [5.74, 6) is -0.533. The number of hydrogen-bond donors (Lipinski definition) is 1. The molecule has 1 aliphatic rings. The number of aromatic nitrogens is 2. The van der Waals surface area contributed by atoms with Crippen LogP contribution in [0.5, 0.6) is 0 Å². The highest BCUT2D eigenvalue weighted by molar-refractivity contribution is 6.32. The summed E-state index contributed by atoms with van der Waals surface area (Å²) >= 11 is 5.85. The smallest absolute Gasteiger partial charge is 0.254 e. The average molecular weight is 306 g/mol. The van der Waals surface area contributed by atoms with Gasteiger partial charge in [0.25, 0.3) is 5.91 Å². The molecule has 0 spiro atoms. The fourth-order valence-corrected chi connectivity index (χ4v) is 2.74. The quantitative estimate of drug-likeness (QED) is 0.948. The third-order valence-electron chi connectivity index (χ3n) is 3.82. The van der Waals surface area contributed by atoms with E-state index in [2.05, 4.69) is 15.5 Å². The predicted octanol–water partition coefficient (Wildman–Crippen LogP) is 2.95. The van der Waals surface area contributed by atoms with E-state index in [1.54, 1.807) is 18.2 Å². The normalized spacial score (nSPS) is 20.7. The highest BCUT2D eigenvalue weighted by atomic mass is 35.5. The van der Waals surface area contributed by atoms with Crippen molar-refractivity contribution in [1.29, 1.82) is 0 Å². The predicted molar refractivity (Wildman–Crippen MR) is 76.7 cm³/mol. The lowest BCUT2D eigenvalue weighted by Crippen LogP contribution is -2.45. The molecule has 0 bridgehead atoms. The Labute approximate surface area is 126 Å². The van der Waals surface area contributed by atoms with Crippen LogP contribution in [0, 0.1) is 5.82 Å². The summed E-state index contributed by atoms with van der Waals surface area (Å²) in [5.41, 5.74) is 0.929. The van der Waals surface area contributed by atoms with Crippen LogP contribution in [0.25, 0.3) is 0 Å². The molecule has 2 atom stereocenters. The van der Waals surface area contributed by atoms with Gasteiger partial charge in [0.2, 0.25) is 0 Å². The van der Waals surface area contributed by atoms with Gasteiger partial charge in [-0.15, -0.1) is 5.10 Å². The topological polar surface area (TPSA) is 54.9 Å². The van der Waals surface area contributed by atoms with Crippen LogP contribution in [0.2, 0.25) is 5.15 Å². The fraction of sp³-hybridized carbons (Fsp3) is 0.267. The summed E-state index contributed by atoms with van der Waals surface area (Å²) in [6.07, 6.45) is 3.09. The van der Waals surface area contributed by atoms with Gasteiger partial charge >= 0.3 is 0 Å². The lowest BCUT2D eigenvalue weighted by Gasteiger charge is -2.37. The number of nitrogens with one attached hydrogen (secondary N) is 1. The van der Waals surface area contributed by atoms with Gasteiger partial charge in [0.15, 0.2) is 5.15 Å². The van der Waals surface area contributed by atoms with Crippen LogP contribution in [-0.2, 0) is 0 Å². The molecule has 4 nitrogen and oxygen atoms in total. The Morgan fingerprint density at radius 3 is 2.76 bits per heavy atom. The van der Waals surface area contributed by atoms with Crippen molar-refractivity contribution in [3.63, 3.8) is 0 Å². The minimum Gasteiger partial charge on any atom is -0.349 e. The van der Waals surface area contributed by atoms with Gasteiger partial charge in [-0.05, 0) is 30.5 Å². The van der Waals surface area contributed by atoms with Gasteiger partial charge in [-0.1, -0.05) is 29.8 Å². The zero-order chi connectivity index (χ0) is 14.8. The second-order valence-corrected chi connectivity index (χ2v) is 5.38. The van der Waals surface area contributed by atoms with Crippen molar-refractivity contribution >= 4 is 17.5 Å². The van der Waals surface area contributed by atoms with E-state index in [0.717, 1.165) is 12.8 Å². The number of carbonyl (C=O) groups excluding carboxylic acids is 1.